The average Bonchev–Trinajstić information content (AvgIpc) is 3.30. The van der Waals surface area contributed by atoms with Crippen LogP contribution in [-0.2, 0) is 4.79 Å². The Balaban J connectivity index is 1.44. The number of anilines is 1. The first-order valence-electron chi connectivity index (χ1n) is 9.13. The molecule has 0 radical (unpaired) electrons. The van der Waals surface area contributed by atoms with Crippen LogP contribution in [0.3, 0.4) is 0 Å². The van der Waals surface area contributed by atoms with Crippen LogP contribution in [-0.4, -0.2) is 62.2 Å². The van der Waals surface area contributed by atoms with Gasteiger partial charge in [-0.15, -0.1) is 0 Å². The second kappa shape index (κ2) is 8.50. The highest BCUT2D eigenvalue weighted by atomic mass is 32.2. The minimum Gasteiger partial charge on any atom is -0.325 e. The van der Waals surface area contributed by atoms with Crippen LogP contribution < -0.4 is 5.32 Å². The van der Waals surface area contributed by atoms with Gasteiger partial charge in [0.1, 0.15) is 0 Å². The van der Waals surface area contributed by atoms with E-state index in [2.05, 4.69) is 15.3 Å². The molecule has 1 atom stereocenters. The van der Waals surface area contributed by atoms with Crippen molar-refractivity contribution in [3.63, 3.8) is 0 Å². The fourth-order valence-corrected chi connectivity index (χ4v) is 6.27. The van der Waals surface area contributed by atoms with Gasteiger partial charge in [-0.3, -0.25) is 9.69 Å². The van der Waals surface area contributed by atoms with Crippen molar-refractivity contribution in [1.29, 1.82) is 0 Å². The van der Waals surface area contributed by atoms with E-state index in [1.807, 2.05) is 60.1 Å². The molecule has 138 valence electrons. The molecule has 0 saturated carbocycles. The number of rotatable bonds is 4. The lowest BCUT2D eigenvalue weighted by Crippen LogP contribution is -2.47. The summed E-state index contributed by atoms with van der Waals surface area (Å²) in [5.74, 6) is 4.87. The van der Waals surface area contributed by atoms with Gasteiger partial charge in [-0.25, -0.2) is 4.68 Å². The molecular weight excluding hydrogens is 364 g/mol. The van der Waals surface area contributed by atoms with Crippen LogP contribution in [0, 0.1) is 0 Å². The van der Waals surface area contributed by atoms with Gasteiger partial charge in [-0.1, -0.05) is 6.07 Å². The second-order valence-electron chi connectivity index (χ2n) is 6.69. The zero-order chi connectivity index (χ0) is 17.8. The highest BCUT2D eigenvalue weighted by Gasteiger charge is 2.35. The number of likely N-dealkylation sites (tertiary alicyclic amines) is 1. The number of nitrogens with one attached hydrogen (secondary N) is 1. The quantitative estimate of drug-likeness (QED) is 0.872. The number of benzene rings is 1. The zero-order valence-electron chi connectivity index (χ0n) is 14.7. The van der Waals surface area contributed by atoms with Crippen molar-refractivity contribution in [3.8, 4) is 5.69 Å². The van der Waals surface area contributed by atoms with Crippen molar-refractivity contribution >= 4 is 35.1 Å². The van der Waals surface area contributed by atoms with E-state index in [0.717, 1.165) is 42.3 Å². The lowest BCUT2D eigenvalue weighted by molar-refractivity contribution is -0.120. The summed E-state index contributed by atoms with van der Waals surface area (Å²) in [5, 5.41) is 7.39. The Morgan fingerprint density at radius 2 is 2.04 bits per heavy atom. The molecule has 1 N–H and O–H groups in total. The normalized spacial score (nSPS) is 22.2. The van der Waals surface area contributed by atoms with Gasteiger partial charge in [0, 0.05) is 47.1 Å². The van der Waals surface area contributed by atoms with Gasteiger partial charge in [0.25, 0.3) is 0 Å². The van der Waals surface area contributed by atoms with Crippen molar-refractivity contribution < 1.29 is 4.79 Å². The van der Waals surface area contributed by atoms with E-state index in [1.54, 1.807) is 10.9 Å². The molecule has 2 aliphatic heterocycles. The highest BCUT2D eigenvalue weighted by molar-refractivity contribution is 8.03. The highest BCUT2D eigenvalue weighted by Crippen LogP contribution is 2.28. The molecule has 2 fully saturated rings. The van der Waals surface area contributed by atoms with E-state index in [9.17, 15) is 4.79 Å². The molecule has 1 unspecified atom stereocenters. The van der Waals surface area contributed by atoms with Gasteiger partial charge in [0.2, 0.25) is 5.91 Å². The summed E-state index contributed by atoms with van der Waals surface area (Å²) in [4.78, 5) is 15.4. The number of hydrogen-bond acceptors (Lipinski definition) is 5. The van der Waals surface area contributed by atoms with Gasteiger partial charge in [0.15, 0.2) is 0 Å². The summed E-state index contributed by atoms with van der Waals surface area (Å²) in [6.07, 6.45) is 5.72. The number of aromatic nitrogens is 2. The van der Waals surface area contributed by atoms with Crippen LogP contribution in [0.2, 0.25) is 0 Å². The van der Waals surface area contributed by atoms with Crippen molar-refractivity contribution in [2.24, 2.45) is 0 Å². The van der Waals surface area contributed by atoms with Gasteiger partial charge in [-0.2, -0.15) is 28.6 Å². The van der Waals surface area contributed by atoms with E-state index in [4.69, 9.17) is 0 Å². The molecule has 1 aromatic carbocycles. The van der Waals surface area contributed by atoms with E-state index < -0.39 is 0 Å². The Bertz CT molecular complexity index is 729. The number of nitrogens with zero attached hydrogens (tertiary/aromatic N) is 3. The van der Waals surface area contributed by atoms with Crippen LogP contribution in [0.5, 0.6) is 0 Å². The fraction of sp³-hybridized carbons (Fsp3) is 0.474. The molecule has 7 heteroatoms. The third-order valence-corrected chi connectivity index (χ3v) is 7.43. The van der Waals surface area contributed by atoms with Crippen LogP contribution >= 0.6 is 23.5 Å². The molecule has 0 spiro atoms. The molecule has 0 aliphatic carbocycles. The van der Waals surface area contributed by atoms with E-state index in [1.165, 1.54) is 11.5 Å². The maximum atomic E-state index is 13.0. The van der Waals surface area contributed by atoms with Crippen molar-refractivity contribution in [3.05, 3.63) is 42.7 Å². The van der Waals surface area contributed by atoms with Crippen LogP contribution in [0.25, 0.3) is 5.69 Å². The number of carbonyl (C=O) groups excluding carboxylic acids is 1. The maximum Gasteiger partial charge on any atom is 0.241 e. The molecule has 2 aliphatic rings. The Hall–Kier alpha value is -1.44. The SMILES string of the molecule is O=C(Nc1cccc(-n2cccn2)c1)C1CCCN1C1CSCCSC1. The molecule has 2 aromatic rings. The fourth-order valence-electron chi connectivity index (χ4n) is 3.68. The van der Waals surface area contributed by atoms with Crippen molar-refractivity contribution in [1.82, 2.24) is 14.7 Å². The summed E-state index contributed by atoms with van der Waals surface area (Å²) < 4.78 is 1.80. The summed E-state index contributed by atoms with van der Waals surface area (Å²) in [7, 11) is 0. The molecule has 2 saturated heterocycles. The molecule has 26 heavy (non-hydrogen) atoms. The Morgan fingerprint density at radius 1 is 1.19 bits per heavy atom. The molecule has 5 nitrogen and oxygen atoms in total. The van der Waals surface area contributed by atoms with Gasteiger partial charge >= 0.3 is 0 Å². The lowest BCUT2D eigenvalue weighted by Gasteiger charge is -2.31. The smallest absolute Gasteiger partial charge is 0.241 e. The molecule has 0 bridgehead atoms. The Kier molecular flexibility index (Phi) is 5.87. The second-order valence-corrected chi connectivity index (χ2v) is 8.99. The average molecular weight is 389 g/mol. The van der Waals surface area contributed by atoms with Crippen LogP contribution in [0.1, 0.15) is 12.8 Å². The molecular formula is C19H24N4OS2. The standard InChI is InChI=1S/C19H24N4OS2/c24-19(18-6-2-8-22(18)17-13-25-10-11-26-14-17)21-15-4-1-5-16(12-15)23-9-3-7-20-23/h1,3-5,7,9,12,17-18H,2,6,8,10-11,13-14H2,(H,21,24). The van der Waals surface area contributed by atoms with Gasteiger partial charge in [-0.05, 0) is 43.7 Å². The van der Waals surface area contributed by atoms with E-state index >= 15 is 0 Å². The molecule has 3 heterocycles. The lowest BCUT2D eigenvalue weighted by atomic mass is 10.1. The van der Waals surface area contributed by atoms with Crippen molar-refractivity contribution in [2.75, 3.05) is 34.9 Å². The summed E-state index contributed by atoms with van der Waals surface area (Å²) >= 11 is 4.05. The first kappa shape index (κ1) is 17.9. The predicted molar refractivity (Wildman–Crippen MR) is 110 cm³/mol. The Labute approximate surface area is 162 Å². The minimum atomic E-state index is -0.00680. The van der Waals surface area contributed by atoms with Crippen LogP contribution in [0.15, 0.2) is 42.7 Å². The number of thioether (sulfide) groups is 2. The predicted octanol–water partition coefficient (Wildman–Crippen LogP) is 3.12. The largest absolute Gasteiger partial charge is 0.325 e. The third kappa shape index (κ3) is 4.10. The number of amides is 1. The van der Waals surface area contributed by atoms with Crippen LogP contribution in [0.4, 0.5) is 5.69 Å². The molecule has 1 amide bonds. The molecule has 1 aromatic heterocycles. The summed E-state index contributed by atoms with van der Waals surface area (Å²) in [6.45, 7) is 1.04. The van der Waals surface area contributed by atoms with Gasteiger partial charge in [0.05, 0.1) is 11.7 Å². The Morgan fingerprint density at radius 3 is 2.81 bits per heavy atom. The minimum absolute atomic E-state index is 0.00680. The van der Waals surface area contributed by atoms with E-state index in [0.29, 0.717) is 6.04 Å². The molecule has 4 rings (SSSR count). The van der Waals surface area contributed by atoms with Gasteiger partial charge < -0.3 is 5.32 Å². The zero-order valence-corrected chi connectivity index (χ0v) is 16.3. The van der Waals surface area contributed by atoms with E-state index in [-0.39, 0.29) is 11.9 Å². The summed E-state index contributed by atoms with van der Waals surface area (Å²) in [5.41, 5.74) is 1.78. The monoisotopic (exact) mass is 388 g/mol. The maximum absolute atomic E-state index is 13.0. The third-order valence-electron chi connectivity index (χ3n) is 4.94. The number of carbonyl (C=O) groups is 1. The summed E-state index contributed by atoms with van der Waals surface area (Å²) in [6, 6.07) is 10.3. The number of hydrogen-bond donors (Lipinski definition) is 1. The first-order chi connectivity index (χ1) is 12.8. The topological polar surface area (TPSA) is 50.2 Å². The van der Waals surface area contributed by atoms with Crippen molar-refractivity contribution in [2.45, 2.75) is 24.9 Å². The first-order valence-corrected chi connectivity index (χ1v) is 11.4.